The Labute approximate surface area is 234 Å². The molecular weight excluding hydrogens is 633 g/mol. The van der Waals surface area contributed by atoms with Crippen molar-refractivity contribution in [2.45, 2.75) is 36.9 Å². The monoisotopic (exact) mass is 656 g/mol. The van der Waals surface area contributed by atoms with Crippen molar-refractivity contribution in [1.82, 2.24) is 19.5 Å². The molecule has 42 heavy (non-hydrogen) atoms. The number of nitrogen functional groups attached to an aromatic ring is 1. The number of benzene rings is 1. The smallest absolute Gasteiger partial charge is 0.390 e. The number of hydrogen-bond donors (Lipinski definition) is 7. The molecular formula is C18H23N6O15P3. The first-order chi connectivity index (χ1) is 19.4. The highest BCUT2D eigenvalue weighted by atomic mass is 31.3. The number of nitrogens with two attached hydrogens (primary N) is 1. The minimum atomic E-state index is -5.83. The second kappa shape index (κ2) is 11.7. The molecule has 6 atom stereocenters. The van der Waals surface area contributed by atoms with E-state index in [2.05, 4.69) is 28.1 Å². The summed E-state index contributed by atoms with van der Waals surface area (Å²) in [5.41, 5.74) is 4.17. The van der Waals surface area contributed by atoms with Crippen LogP contribution in [0, 0.1) is 10.1 Å². The summed E-state index contributed by atoms with van der Waals surface area (Å²) in [4.78, 5) is 58.4. The van der Waals surface area contributed by atoms with Crippen LogP contribution in [0.15, 0.2) is 36.7 Å². The van der Waals surface area contributed by atoms with E-state index in [1.807, 2.05) is 0 Å². The molecule has 3 aromatic rings. The van der Waals surface area contributed by atoms with E-state index in [0.717, 1.165) is 16.5 Å². The summed E-state index contributed by atoms with van der Waals surface area (Å²) >= 11 is 0. The molecule has 230 valence electrons. The summed E-state index contributed by atoms with van der Waals surface area (Å²) in [6.45, 7) is -1.10. The molecule has 8 N–H and O–H groups in total. The third-order valence-electron chi connectivity index (χ3n) is 5.94. The number of hydrogen-bond acceptors (Lipinski definition) is 15. The molecule has 1 aliphatic heterocycles. The molecule has 0 radical (unpaired) electrons. The van der Waals surface area contributed by atoms with Crippen molar-refractivity contribution in [2.24, 2.45) is 0 Å². The van der Waals surface area contributed by atoms with Gasteiger partial charge in [-0.3, -0.25) is 9.09 Å². The lowest BCUT2D eigenvalue weighted by Crippen LogP contribution is -2.46. The number of aryl methyl sites for hydroxylation is 1. The number of anilines is 1. The lowest BCUT2D eigenvalue weighted by molar-refractivity contribution is -0.394. The number of ether oxygens (including phenoxy) is 1. The predicted octanol–water partition coefficient (Wildman–Crippen LogP) is 0.0662. The molecule has 24 heteroatoms. The molecule has 0 spiro atoms. The van der Waals surface area contributed by atoms with Gasteiger partial charge in [0.05, 0.1) is 6.61 Å². The first-order valence-corrected chi connectivity index (χ1v) is 16.0. The highest BCUT2D eigenvalue weighted by Crippen LogP contribution is 2.66. The Kier molecular flexibility index (Phi) is 9.00. The molecule has 2 unspecified atom stereocenters. The third kappa shape index (κ3) is 7.07. The van der Waals surface area contributed by atoms with Crippen molar-refractivity contribution < 1.29 is 66.3 Å². The zero-order valence-electron chi connectivity index (χ0n) is 20.8. The lowest BCUT2D eigenvalue weighted by atomic mass is 9.95. The maximum Gasteiger partial charge on any atom is 0.490 e. The van der Waals surface area contributed by atoms with Gasteiger partial charge in [-0.25, -0.2) is 18.7 Å². The molecule has 1 fully saturated rings. The van der Waals surface area contributed by atoms with Gasteiger partial charge in [0.1, 0.15) is 24.6 Å². The van der Waals surface area contributed by atoms with Crippen LogP contribution in [0.4, 0.5) is 11.8 Å². The molecule has 2 aromatic heterocycles. The summed E-state index contributed by atoms with van der Waals surface area (Å²) in [6, 6.07) is 8.71. The van der Waals surface area contributed by atoms with E-state index >= 15 is 0 Å². The minimum absolute atomic E-state index is 0.110. The van der Waals surface area contributed by atoms with Crippen LogP contribution >= 0.6 is 23.5 Å². The molecule has 0 amide bonds. The first-order valence-electron chi connectivity index (χ1n) is 11.4. The van der Waals surface area contributed by atoms with E-state index < -0.39 is 65.0 Å². The van der Waals surface area contributed by atoms with Gasteiger partial charge in [0.2, 0.25) is 11.5 Å². The number of rotatable bonds is 12. The topological polar surface area (TPSA) is 322 Å². The number of phosphoric ester groups is 1. The number of imidazole rings is 1. The summed E-state index contributed by atoms with van der Waals surface area (Å²) in [5.74, 6) is -1.28. The van der Waals surface area contributed by atoms with Gasteiger partial charge in [-0.2, -0.15) is 8.62 Å². The van der Waals surface area contributed by atoms with Crippen molar-refractivity contribution in [1.29, 1.82) is 0 Å². The minimum Gasteiger partial charge on any atom is -0.390 e. The fourth-order valence-electron chi connectivity index (χ4n) is 4.24. The van der Waals surface area contributed by atoms with E-state index in [4.69, 9.17) is 20.3 Å². The Hall–Kier alpha value is -2.74. The summed E-state index contributed by atoms with van der Waals surface area (Å²) in [6.07, 6.45) is -4.33. The fourth-order valence-corrected chi connectivity index (χ4v) is 7.27. The number of nitro groups is 1. The zero-order chi connectivity index (χ0) is 31.1. The lowest BCUT2D eigenvalue weighted by Gasteiger charge is -2.33. The van der Waals surface area contributed by atoms with Crippen LogP contribution in [0.2, 0.25) is 0 Å². The van der Waals surface area contributed by atoms with Crippen LogP contribution in [0.25, 0.3) is 11.2 Å². The van der Waals surface area contributed by atoms with Crippen molar-refractivity contribution in [2.75, 3.05) is 12.3 Å². The molecule has 4 rings (SSSR count). The van der Waals surface area contributed by atoms with E-state index in [1.165, 1.54) is 0 Å². The Balaban J connectivity index is 1.67. The number of nitrogens with zero attached hydrogens (tertiary/aromatic N) is 5. The average molecular weight is 656 g/mol. The van der Waals surface area contributed by atoms with Crippen LogP contribution in [0.5, 0.6) is 0 Å². The highest BCUT2D eigenvalue weighted by molar-refractivity contribution is 7.66. The Morgan fingerprint density at radius 2 is 1.74 bits per heavy atom. The van der Waals surface area contributed by atoms with Gasteiger partial charge in [0, 0.05) is 6.42 Å². The molecule has 0 aliphatic carbocycles. The maximum absolute atomic E-state index is 12.2. The average Bonchev–Trinajstić information content (AvgIpc) is 3.40. The molecule has 0 saturated carbocycles. The number of aromatic nitrogens is 4. The summed E-state index contributed by atoms with van der Waals surface area (Å²) < 4.78 is 53.6. The van der Waals surface area contributed by atoms with Gasteiger partial charge in [0.15, 0.2) is 11.2 Å². The Morgan fingerprint density at radius 1 is 1.07 bits per heavy atom. The largest absolute Gasteiger partial charge is 0.490 e. The summed E-state index contributed by atoms with van der Waals surface area (Å²) in [5, 5.41) is 33.5. The van der Waals surface area contributed by atoms with Gasteiger partial charge >= 0.3 is 29.4 Å². The maximum atomic E-state index is 12.2. The number of fused-ring (bicyclic) bond motifs is 1. The second-order valence-electron chi connectivity index (χ2n) is 8.76. The third-order valence-corrected chi connectivity index (χ3v) is 9.74. The quantitative estimate of drug-likeness (QED) is 0.0770. The van der Waals surface area contributed by atoms with E-state index in [0.29, 0.717) is 0 Å². The fraction of sp³-hybridized carbons (Fsp3) is 0.389. The predicted molar refractivity (Wildman–Crippen MR) is 136 cm³/mol. The van der Waals surface area contributed by atoms with Crippen LogP contribution in [-0.4, -0.2) is 79.1 Å². The standard InChI is InChI=1S/C18H23N6O15P3/c19-15-12-16(22-17(21-15)24(27)28)23(9-20-12)18(7-6-10-4-2-1-3-5-10)14(26)13(25)11(37-18)8-36-41(32,33)39-42(34,35)38-40(29,30)31/h1-5,9,11,13-14,25-26H,6-8H2,(H,32,33)(H,34,35)(H2,19,21,22)(H2,29,30,31)/t11-,13-,14-,18-/m1/s1. The first kappa shape index (κ1) is 32.2. The molecule has 1 aromatic carbocycles. The molecule has 21 nitrogen and oxygen atoms in total. The molecule has 1 aliphatic rings. The van der Waals surface area contributed by atoms with Crippen molar-refractivity contribution in [3.63, 3.8) is 0 Å². The molecule has 3 heterocycles. The van der Waals surface area contributed by atoms with Crippen molar-refractivity contribution in [3.05, 3.63) is 52.3 Å². The van der Waals surface area contributed by atoms with Crippen LogP contribution in [-0.2, 0) is 43.7 Å². The Bertz CT molecular complexity index is 1620. The van der Waals surface area contributed by atoms with E-state index in [9.17, 15) is 43.8 Å². The van der Waals surface area contributed by atoms with Crippen LogP contribution in [0.1, 0.15) is 12.0 Å². The normalized spacial score (nSPS) is 25.7. The van der Waals surface area contributed by atoms with Gasteiger partial charge < -0.3 is 50.4 Å². The van der Waals surface area contributed by atoms with E-state index in [-0.39, 0.29) is 29.8 Å². The van der Waals surface area contributed by atoms with Crippen LogP contribution in [0.3, 0.4) is 0 Å². The van der Waals surface area contributed by atoms with Gasteiger partial charge in [0.25, 0.3) is 0 Å². The van der Waals surface area contributed by atoms with Gasteiger partial charge in [-0.05, 0) is 26.9 Å². The molecule has 1 saturated heterocycles. The number of phosphoric acid groups is 3. The molecule has 0 bridgehead atoms. The van der Waals surface area contributed by atoms with Gasteiger partial charge in [-0.15, -0.1) is 0 Å². The number of aliphatic hydroxyl groups excluding tert-OH is 2. The van der Waals surface area contributed by atoms with Gasteiger partial charge in [-0.1, -0.05) is 30.3 Å². The van der Waals surface area contributed by atoms with Crippen molar-refractivity contribution in [3.8, 4) is 0 Å². The van der Waals surface area contributed by atoms with E-state index in [1.54, 1.807) is 30.3 Å². The second-order valence-corrected chi connectivity index (χ2v) is 13.2. The zero-order valence-corrected chi connectivity index (χ0v) is 23.5. The van der Waals surface area contributed by atoms with Crippen LogP contribution < -0.4 is 5.73 Å². The highest BCUT2D eigenvalue weighted by Gasteiger charge is 2.57. The number of aliphatic hydroxyl groups is 2. The Morgan fingerprint density at radius 3 is 2.36 bits per heavy atom. The SMILES string of the molecule is Nc1nc([N+](=O)[O-])nc2c1ncn2[C@]1(CCc2ccccc2)O[C@H](COP(=O)(O)OP(=O)(O)OP(=O)(O)O)[C@@H](O)[C@H]1O. The van der Waals surface area contributed by atoms with Crippen molar-refractivity contribution >= 4 is 46.4 Å². The summed E-state index contributed by atoms with van der Waals surface area (Å²) in [7, 11) is -17.1.